The number of alkyl halides is 2. The minimum atomic E-state index is -2.24. The topological polar surface area (TPSA) is 15.3 Å². The predicted octanol–water partition coefficient (Wildman–Crippen LogP) is 1.57. The molecule has 80 valence electrons. The lowest BCUT2D eigenvalue weighted by atomic mass is 10.3. The Balaban J connectivity index is 3.50. The maximum Gasteiger partial charge on any atom is 0.251 e. The monoisotopic (exact) mass is 194 g/mol. The van der Waals surface area contributed by atoms with E-state index in [4.69, 9.17) is 0 Å². The minimum absolute atomic E-state index is 0.144. The Hall–Kier alpha value is -0.220. The van der Waals surface area contributed by atoms with Gasteiger partial charge in [-0.2, -0.15) is 0 Å². The molecule has 1 N–H and O–H groups in total. The average Bonchev–Trinajstić information content (AvgIpc) is 2.03. The first kappa shape index (κ1) is 12.8. The average molecular weight is 194 g/mol. The molecule has 0 saturated carbocycles. The van der Waals surface area contributed by atoms with E-state index < -0.39 is 6.43 Å². The van der Waals surface area contributed by atoms with Crippen molar-refractivity contribution in [3.05, 3.63) is 0 Å². The van der Waals surface area contributed by atoms with Gasteiger partial charge in [-0.25, -0.2) is 8.78 Å². The van der Waals surface area contributed by atoms with E-state index in [2.05, 4.69) is 12.2 Å². The second-order valence-corrected chi connectivity index (χ2v) is 3.38. The van der Waals surface area contributed by atoms with Gasteiger partial charge in [0, 0.05) is 12.6 Å². The molecule has 0 aliphatic heterocycles. The number of halogens is 2. The molecule has 0 bridgehead atoms. The molecule has 0 aliphatic rings. The molecule has 0 saturated heterocycles. The molecule has 13 heavy (non-hydrogen) atoms. The molecule has 1 unspecified atom stereocenters. The van der Waals surface area contributed by atoms with Gasteiger partial charge in [0.25, 0.3) is 6.43 Å². The second kappa shape index (κ2) is 7.21. The van der Waals surface area contributed by atoms with Crippen molar-refractivity contribution in [1.82, 2.24) is 10.2 Å². The van der Waals surface area contributed by atoms with Crippen molar-refractivity contribution in [1.29, 1.82) is 0 Å². The summed E-state index contributed by atoms with van der Waals surface area (Å²) in [7, 11) is 1.73. The normalized spacial score (nSPS) is 14.1. The summed E-state index contributed by atoms with van der Waals surface area (Å²) >= 11 is 0. The fourth-order valence-electron chi connectivity index (χ4n) is 1.04. The van der Waals surface area contributed by atoms with Crippen LogP contribution in [0.25, 0.3) is 0 Å². The number of hydrogen-bond acceptors (Lipinski definition) is 2. The van der Waals surface area contributed by atoms with Crippen LogP contribution in [0.3, 0.4) is 0 Å². The van der Waals surface area contributed by atoms with Crippen LogP contribution in [0.5, 0.6) is 0 Å². The standard InChI is InChI=1S/C9H20F2N2/c1-4-5-12-6-8(2)13(3)7-9(10)11/h8-9,12H,4-7H2,1-3H3. The SMILES string of the molecule is CCCNCC(C)N(C)CC(F)F. The van der Waals surface area contributed by atoms with Gasteiger partial charge in [0.15, 0.2) is 0 Å². The van der Waals surface area contributed by atoms with Crippen LogP contribution in [0.15, 0.2) is 0 Å². The zero-order valence-electron chi connectivity index (χ0n) is 8.69. The van der Waals surface area contributed by atoms with Crippen molar-refractivity contribution in [3.8, 4) is 0 Å². The Morgan fingerprint density at radius 1 is 1.38 bits per heavy atom. The van der Waals surface area contributed by atoms with E-state index in [1.807, 2.05) is 6.92 Å². The summed E-state index contributed by atoms with van der Waals surface area (Å²) in [6, 6.07) is 0.167. The second-order valence-electron chi connectivity index (χ2n) is 3.38. The molecule has 0 spiro atoms. The van der Waals surface area contributed by atoms with E-state index >= 15 is 0 Å². The summed E-state index contributed by atoms with van der Waals surface area (Å²) in [5, 5.41) is 3.20. The van der Waals surface area contributed by atoms with Crippen LogP contribution < -0.4 is 5.32 Å². The van der Waals surface area contributed by atoms with E-state index in [9.17, 15) is 8.78 Å². The number of rotatable bonds is 7. The molecule has 0 fully saturated rings. The molecule has 0 aromatic rings. The van der Waals surface area contributed by atoms with Gasteiger partial charge >= 0.3 is 0 Å². The fourth-order valence-corrected chi connectivity index (χ4v) is 1.04. The van der Waals surface area contributed by atoms with Gasteiger partial charge in [-0.1, -0.05) is 6.92 Å². The predicted molar refractivity (Wildman–Crippen MR) is 51.3 cm³/mol. The Kier molecular flexibility index (Phi) is 7.09. The highest BCUT2D eigenvalue weighted by molar-refractivity contribution is 4.66. The molecule has 0 aromatic carbocycles. The summed E-state index contributed by atoms with van der Waals surface area (Å²) in [4.78, 5) is 1.67. The molecule has 0 radical (unpaired) electrons. The number of likely N-dealkylation sites (N-methyl/N-ethyl adjacent to an activating group) is 1. The van der Waals surface area contributed by atoms with E-state index in [1.165, 1.54) is 0 Å². The fraction of sp³-hybridized carbons (Fsp3) is 1.00. The van der Waals surface area contributed by atoms with Gasteiger partial charge in [-0.15, -0.1) is 0 Å². The lowest BCUT2D eigenvalue weighted by Gasteiger charge is -2.24. The van der Waals surface area contributed by atoms with Gasteiger partial charge in [-0.3, -0.25) is 4.90 Å². The highest BCUT2D eigenvalue weighted by atomic mass is 19.3. The van der Waals surface area contributed by atoms with Crippen LogP contribution in [0.4, 0.5) is 8.78 Å². The van der Waals surface area contributed by atoms with Crippen molar-refractivity contribution in [3.63, 3.8) is 0 Å². The Morgan fingerprint density at radius 2 is 2.00 bits per heavy atom. The lowest BCUT2D eigenvalue weighted by molar-refractivity contribution is 0.0841. The summed E-state index contributed by atoms with van der Waals surface area (Å²) in [6.07, 6.45) is -1.16. The van der Waals surface area contributed by atoms with E-state index in [0.29, 0.717) is 0 Å². The number of nitrogens with zero attached hydrogens (tertiary/aromatic N) is 1. The molecule has 1 atom stereocenters. The largest absolute Gasteiger partial charge is 0.315 e. The summed E-state index contributed by atoms with van der Waals surface area (Å²) in [6.45, 7) is 5.62. The highest BCUT2D eigenvalue weighted by Crippen LogP contribution is 2.00. The molecule has 0 heterocycles. The third-order valence-corrected chi connectivity index (χ3v) is 2.04. The molecule has 0 aromatic heterocycles. The van der Waals surface area contributed by atoms with Gasteiger partial charge in [0.05, 0.1) is 6.54 Å². The van der Waals surface area contributed by atoms with Gasteiger partial charge < -0.3 is 5.32 Å². The van der Waals surface area contributed by atoms with Crippen molar-refractivity contribution in [2.24, 2.45) is 0 Å². The summed E-state index contributed by atoms with van der Waals surface area (Å²) in [5.41, 5.74) is 0. The van der Waals surface area contributed by atoms with Crippen molar-refractivity contribution in [2.45, 2.75) is 32.7 Å². The van der Waals surface area contributed by atoms with E-state index in [1.54, 1.807) is 11.9 Å². The number of nitrogens with one attached hydrogen (secondary N) is 1. The van der Waals surface area contributed by atoms with E-state index in [-0.39, 0.29) is 12.6 Å². The van der Waals surface area contributed by atoms with Crippen LogP contribution in [0.1, 0.15) is 20.3 Å². The molecule has 0 amide bonds. The molecule has 2 nitrogen and oxygen atoms in total. The van der Waals surface area contributed by atoms with Gasteiger partial charge in [0.2, 0.25) is 0 Å². The maximum atomic E-state index is 12.0. The first-order valence-corrected chi connectivity index (χ1v) is 4.77. The Bertz CT molecular complexity index is 120. The van der Waals surface area contributed by atoms with Crippen molar-refractivity contribution in [2.75, 3.05) is 26.7 Å². The zero-order valence-corrected chi connectivity index (χ0v) is 8.69. The number of hydrogen-bond donors (Lipinski definition) is 1. The van der Waals surface area contributed by atoms with E-state index in [0.717, 1.165) is 19.5 Å². The Labute approximate surface area is 79.3 Å². The Morgan fingerprint density at radius 3 is 2.46 bits per heavy atom. The van der Waals surface area contributed by atoms with Gasteiger partial charge in [-0.05, 0) is 26.9 Å². The first-order valence-electron chi connectivity index (χ1n) is 4.77. The van der Waals surface area contributed by atoms with Crippen LogP contribution >= 0.6 is 0 Å². The molecular weight excluding hydrogens is 174 g/mol. The van der Waals surface area contributed by atoms with Crippen LogP contribution in [-0.4, -0.2) is 44.0 Å². The smallest absolute Gasteiger partial charge is 0.251 e. The van der Waals surface area contributed by atoms with Crippen molar-refractivity contribution >= 4 is 0 Å². The molecular formula is C9H20F2N2. The minimum Gasteiger partial charge on any atom is -0.315 e. The maximum absolute atomic E-state index is 12.0. The first-order chi connectivity index (χ1) is 6.07. The van der Waals surface area contributed by atoms with Gasteiger partial charge in [0.1, 0.15) is 0 Å². The molecule has 0 rings (SSSR count). The van der Waals surface area contributed by atoms with Crippen LogP contribution in [0, 0.1) is 0 Å². The third-order valence-electron chi connectivity index (χ3n) is 2.04. The molecule has 0 aliphatic carbocycles. The lowest BCUT2D eigenvalue weighted by Crippen LogP contribution is -2.40. The summed E-state index contributed by atoms with van der Waals surface area (Å²) in [5.74, 6) is 0. The highest BCUT2D eigenvalue weighted by Gasteiger charge is 2.12. The third kappa shape index (κ3) is 6.90. The van der Waals surface area contributed by atoms with Crippen molar-refractivity contribution < 1.29 is 8.78 Å². The quantitative estimate of drug-likeness (QED) is 0.619. The summed E-state index contributed by atoms with van der Waals surface area (Å²) < 4.78 is 23.9. The molecule has 4 heteroatoms. The van der Waals surface area contributed by atoms with Crippen LogP contribution in [0.2, 0.25) is 0 Å². The van der Waals surface area contributed by atoms with Crippen LogP contribution in [-0.2, 0) is 0 Å². The zero-order chi connectivity index (χ0) is 10.3.